The van der Waals surface area contributed by atoms with Crippen LogP contribution < -0.4 is 11.5 Å². The monoisotopic (exact) mass is 369 g/mol. The molecule has 22 heavy (non-hydrogen) atoms. The Bertz CT molecular complexity index is 544. The topological polar surface area (TPSA) is 89.2 Å². The minimum atomic E-state index is -0.647. The number of guanidine groups is 2. The Morgan fingerprint density at radius 1 is 1.23 bits per heavy atom. The summed E-state index contributed by atoms with van der Waals surface area (Å²) in [5.74, 6) is 0.820. The maximum atomic E-state index is 5.86. The van der Waals surface area contributed by atoms with Crippen LogP contribution in [0.25, 0.3) is 0 Å². The number of hydrogen-bond donors (Lipinski definition) is 2. The highest BCUT2D eigenvalue weighted by molar-refractivity contribution is 8.93. The van der Waals surface area contributed by atoms with Crippen molar-refractivity contribution < 1.29 is 4.84 Å². The molecular weight excluding hydrogens is 346 g/mol. The zero-order valence-corrected chi connectivity index (χ0v) is 14.9. The second-order valence-corrected chi connectivity index (χ2v) is 5.66. The number of hydrogen-bond acceptors (Lipinski definition) is 6. The van der Waals surface area contributed by atoms with Crippen molar-refractivity contribution in [2.45, 2.75) is 38.8 Å². The molecule has 0 radical (unpaired) electrons. The van der Waals surface area contributed by atoms with Crippen LogP contribution in [0.5, 0.6) is 0 Å². The first-order valence-electron chi connectivity index (χ1n) is 7.08. The Kier molecular flexibility index (Phi) is 6.37. The van der Waals surface area contributed by atoms with Crippen LogP contribution in [0.4, 0.5) is 0 Å². The lowest BCUT2D eigenvalue weighted by Crippen LogP contribution is -2.53. The maximum absolute atomic E-state index is 5.86. The summed E-state index contributed by atoms with van der Waals surface area (Å²) in [5.41, 5.74) is 12.1. The second-order valence-electron chi connectivity index (χ2n) is 5.66. The van der Waals surface area contributed by atoms with E-state index in [1.54, 1.807) is 0 Å². The van der Waals surface area contributed by atoms with Crippen molar-refractivity contribution in [1.82, 2.24) is 5.06 Å². The predicted molar refractivity (Wildman–Crippen MR) is 94.9 cm³/mol. The third-order valence-corrected chi connectivity index (χ3v) is 3.46. The fraction of sp³-hybridized carbons (Fsp3) is 0.467. The highest BCUT2D eigenvalue weighted by Crippen LogP contribution is 2.22. The van der Waals surface area contributed by atoms with Crippen LogP contribution in [-0.2, 0) is 4.84 Å². The molecule has 0 spiro atoms. The molecule has 1 aromatic carbocycles. The van der Waals surface area contributed by atoms with Gasteiger partial charge in [0.2, 0.25) is 11.9 Å². The van der Waals surface area contributed by atoms with Crippen LogP contribution in [0.2, 0.25) is 0 Å². The van der Waals surface area contributed by atoms with E-state index in [1.807, 2.05) is 32.0 Å². The Hall–Kier alpha value is -1.60. The highest BCUT2D eigenvalue weighted by Gasteiger charge is 2.33. The predicted octanol–water partition coefficient (Wildman–Crippen LogP) is 2.37. The standard InChI is InChI=1S/C15H23N5O.BrH/c1-11(12-7-5-4-6-8-12)9-10-21-20-14(17)18-13(16)19-15(20,2)3;/h4-8,11H,9-10H2,1-3H3,(H4,16,17,18,19);1H. The molecule has 1 aliphatic heterocycles. The van der Waals surface area contributed by atoms with Crippen molar-refractivity contribution in [2.75, 3.05) is 6.61 Å². The van der Waals surface area contributed by atoms with Crippen LogP contribution in [-0.4, -0.2) is 29.3 Å². The fourth-order valence-electron chi connectivity index (χ4n) is 2.29. The number of benzene rings is 1. The lowest BCUT2D eigenvalue weighted by Gasteiger charge is -2.36. The molecule has 6 nitrogen and oxygen atoms in total. The number of hydroxylamine groups is 2. The summed E-state index contributed by atoms with van der Waals surface area (Å²) in [4.78, 5) is 13.9. The molecule has 0 saturated carbocycles. The Morgan fingerprint density at radius 2 is 1.86 bits per heavy atom. The van der Waals surface area contributed by atoms with E-state index in [2.05, 4.69) is 29.0 Å². The normalized spacial score (nSPS) is 18.0. The maximum Gasteiger partial charge on any atom is 0.226 e. The van der Waals surface area contributed by atoms with Gasteiger partial charge in [0.1, 0.15) is 0 Å². The quantitative estimate of drug-likeness (QED) is 0.833. The summed E-state index contributed by atoms with van der Waals surface area (Å²) in [6.07, 6.45) is 0.878. The number of aliphatic imine (C=N–C) groups is 2. The van der Waals surface area contributed by atoms with Gasteiger partial charge in [-0.3, -0.25) is 4.84 Å². The van der Waals surface area contributed by atoms with Gasteiger partial charge in [0.05, 0.1) is 6.61 Å². The van der Waals surface area contributed by atoms with Crippen molar-refractivity contribution >= 4 is 28.9 Å². The average Bonchev–Trinajstić information content (AvgIpc) is 2.41. The van der Waals surface area contributed by atoms with Gasteiger partial charge in [0, 0.05) is 0 Å². The molecule has 1 heterocycles. The summed E-state index contributed by atoms with van der Waals surface area (Å²) in [6, 6.07) is 10.3. The van der Waals surface area contributed by atoms with Crippen molar-refractivity contribution in [3.63, 3.8) is 0 Å². The van der Waals surface area contributed by atoms with E-state index in [-0.39, 0.29) is 28.9 Å². The summed E-state index contributed by atoms with van der Waals surface area (Å²) in [6.45, 7) is 6.46. The highest BCUT2D eigenvalue weighted by atomic mass is 79.9. The third-order valence-electron chi connectivity index (χ3n) is 3.46. The van der Waals surface area contributed by atoms with E-state index in [1.165, 1.54) is 10.6 Å². The number of nitrogens with two attached hydrogens (primary N) is 2. The van der Waals surface area contributed by atoms with Crippen molar-refractivity contribution in [1.29, 1.82) is 0 Å². The van der Waals surface area contributed by atoms with Crippen LogP contribution in [0.1, 0.15) is 38.7 Å². The largest absolute Gasteiger partial charge is 0.368 e. The molecule has 1 unspecified atom stereocenters. The second kappa shape index (κ2) is 7.60. The van der Waals surface area contributed by atoms with E-state index >= 15 is 0 Å². The molecule has 1 atom stereocenters. The molecule has 0 aliphatic carbocycles. The lowest BCUT2D eigenvalue weighted by molar-refractivity contribution is -0.158. The molecule has 122 valence electrons. The molecule has 7 heteroatoms. The first kappa shape index (κ1) is 18.4. The van der Waals surface area contributed by atoms with Gasteiger partial charge in [0.25, 0.3) is 0 Å². The SMILES string of the molecule is Br.CC(CCON1C(N)=NC(N)=NC1(C)C)c1ccccc1. The van der Waals surface area contributed by atoms with Crippen LogP contribution in [0.15, 0.2) is 40.3 Å². The molecule has 2 rings (SSSR count). The van der Waals surface area contributed by atoms with E-state index in [0.717, 1.165) is 6.42 Å². The molecule has 1 aliphatic rings. The summed E-state index contributed by atoms with van der Waals surface area (Å²) in [7, 11) is 0. The molecule has 0 saturated heterocycles. The van der Waals surface area contributed by atoms with Gasteiger partial charge in [-0.1, -0.05) is 37.3 Å². The summed E-state index contributed by atoms with van der Waals surface area (Å²) < 4.78 is 0. The average molecular weight is 370 g/mol. The minimum absolute atomic E-state index is 0. The van der Waals surface area contributed by atoms with Gasteiger partial charge >= 0.3 is 0 Å². The van der Waals surface area contributed by atoms with Crippen LogP contribution >= 0.6 is 17.0 Å². The van der Waals surface area contributed by atoms with Crippen molar-refractivity contribution in [2.24, 2.45) is 21.5 Å². The summed E-state index contributed by atoms with van der Waals surface area (Å²) >= 11 is 0. The molecular formula is C15H24BrN5O. The molecule has 0 amide bonds. The summed E-state index contributed by atoms with van der Waals surface area (Å²) in [5, 5.41) is 1.51. The molecule has 1 aromatic rings. The van der Waals surface area contributed by atoms with Crippen molar-refractivity contribution in [3.05, 3.63) is 35.9 Å². The molecule has 0 bridgehead atoms. The van der Waals surface area contributed by atoms with Gasteiger partial charge < -0.3 is 11.5 Å². The molecule has 0 fully saturated rings. The van der Waals surface area contributed by atoms with Gasteiger partial charge in [-0.05, 0) is 31.7 Å². The fourth-order valence-corrected chi connectivity index (χ4v) is 2.29. The zero-order valence-electron chi connectivity index (χ0n) is 13.2. The minimum Gasteiger partial charge on any atom is -0.368 e. The zero-order chi connectivity index (χ0) is 15.5. The van der Waals surface area contributed by atoms with Crippen LogP contribution in [0.3, 0.4) is 0 Å². The van der Waals surface area contributed by atoms with Crippen molar-refractivity contribution in [3.8, 4) is 0 Å². The Morgan fingerprint density at radius 3 is 2.45 bits per heavy atom. The first-order chi connectivity index (χ1) is 9.90. The Balaban J connectivity index is 0.00000242. The lowest BCUT2D eigenvalue weighted by atomic mass is 9.98. The number of nitrogens with zero attached hydrogens (tertiary/aromatic N) is 3. The molecule has 0 aromatic heterocycles. The van der Waals surface area contributed by atoms with E-state index in [9.17, 15) is 0 Å². The smallest absolute Gasteiger partial charge is 0.226 e. The van der Waals surface area contributed by atoms with Gasteiger partial charge in [-0.15, -0.1) is 17.0 Å². The van der Waals surface area contributed by atoms with E-state index in [4.69, 9.17) is 16.3 Å². The van der Waals surface area contributed by atoms with E-state index < -0.39 is 5.66 Å². The van der Waals surface area contributed by atoms with Gasteiger partial charge in [0.15, 0.2) is 5.66 Å². The van der Waals surface area contributed by atoms with Crippen LogP contribution in [0, 0.1) is 0 Å². The Labute approximate surface area is 142 Å². The third kappa shape index (κ3) is 4.45. The number of rotatable bonds is 5. The first-order valence-corrected chi connectivity index (χ1v) is 7.08. The molecule has 4 N–H and O–H groups in total. The van der Waals surface area contributed by atoms with Gasteiger partial charge in [-0.25, -0.2) is 4.99 Å². The number of halogens is 1. The van der Waals surface area contributed by atoms with Gasteiger partial charge in [-0.2, -0.15) is 10.1 Å². The van der Waals surface area contributed by atoms with E-state index in [0.29, 0.717) is 12.5 Å².